The van der Waals surface area contributed by atoms with Gasteiger partial charge in [0.05, 0.1) is 6.61 Å². The molecule has 1 fully saturated rings. The van der Waals surface area contributed by atoms with Crippen LogP contribution in [0.4, 0.5) is 5.82 Å². The minimum Gasteiger partial charge on any atom is -0.387 e. The molecule has 4 heterocycles. The number of carbonyl (C=O) groups excluding carboxylic acids is 1. The van der Waals surface area contributed by atoms with Gasteiger partial charge in [0.25, 0.3) is 5.91 Å². The summed E-state index contributed by atoms with van der Waals surface area (Å²) in [6.07, 6.45) is -5.40. The molecule has 6 N–H and O–H groups in total. The van der Waals surface area contributed by atoms with E-state index in [0.29, 0.717) is 5.82 Å². The molecule has 0 saturated carbocycles. The Morgan fingerprint density at radius 1 is 1.23 bits per heavy atom. The summed E-state index contributed by atoms with van der Waals surface area (Å²) < 4.78 is 37.2. The number of carbonyl (C=O) groups is 1. The molecular weight excluding hydrogens is 424 g/mol. The second kappa shape index (κ2) is 7.68. The van der Waals surface area contributed by atoms with E-state index in [1.807, 2.05) is 0 Å². The van der Waals surface area contributed by atoms with Crippen molar-refractivity contribution >= 4 is 33.2 Å². The monoisotopic (exact) mass is 444 g/mol. The predicted octanol–water partition coefficient (Wildman–Crippen LogP) is -2.90. The van der Waals surface area contributed by atoms with Gasteiger partial charge in [-0.1, -0.05) is 0 Å². The number of aryl methyl sites for hydroxylation is 1. The fourth-order valence-corrected chi connectivity index (χ4v) is 4.21. The number of aliphatic hydroxyl groups excluding tert-OH is 3. The van der Waals surface area contributed by atoms with Crippen LogP contribution in [-0.2, 0) is 30.4 Å². The number of fused-ring (bicyclic) bond motifs is 6. The maximum Gasteiger partial charge on any atom is 0.362 e. The number of imidazole rings is 1. The minimum absolute atomic E-state index is 0.0783. The number of nitrogens with two attached hydrogens (primary N) is 1. The second-order valence-corrected chi connectivity index (χ2v) is 8.34. The van der Waals surface area contributed by atoms with E-state index < -0.39 is 53.5 Å². The van der Waals surface area contributed by atoms with Crippen molar-refractivity contribution in [1.29, 1.82) is 0 Å². The third kappa shape index (κ3) is 3.70. The van der Waals surface area contributed by atoms with Gasteiger partial charge in [-0.3, -0.25) is 13.5 Å². The SMILES string of the molecule is Nc1ncnc2c1nc1n2[C@@H]2O[C@H](COS(=O)(=O)NC(=O)[C@@H](O)CCC1)[C@@H](O)[C@H]2O. The van der Waals surface area contributed by atoms with E-state index in [1.54, 1.807) is 4.72 Å². The Bertz CT molecular complexity index is 1070. The van der Waals surface area contributed by atoms with E-state index in [1.165, 1.54) is 10.9 Å². The average Bonchev–Trinajstić information content (AvgIpc) is 3.18. The highest BCUT2D eigenvalue weighted by atomic mass is 32.2. The van der Waals surface area contributed by atoms with E-state index in [0.717, 1.165) is 0 Å². The van der Waals surface area contributed by atoms with Crippen molar-refractivity contribution in [2.24, 2.45) is 0 Å². The third-order valence-electron chi connectivity index (χ3n) is 4.96. The summed E-state index contributed by atoms with van der Waals surface area (Å²) in [6, 6.07) is 0. The minimum atomic E-state index is -4.56. The van der Waals surface area contributed by atoms with Gasteiger partial charge in [0, 0.05) is 6.42 Å². The Morgan fingerprint density at radius 3 is 2.77 bits per heavy atom. The highest BCUT2D eigenvalue weighted by Crippen LogP contribution is 2.34. The number of nitrogens with zero attached hydrogens (tertiary/aromatic N) is 4. The lowest BCUT2D eigenvalue weighted by Gasteiger charge is -2.20. The molecule has 2 aromatic heterocycles. The standard InChI is InChI=1S/C15H20N6O8S/c16-12-9-13(18-5-17-12)21-8(19-9)3-1-2-6(22)14(25)20-30(26,27)28-4-7-10(23)11(24)15(21)29-7/h5-7,10-11,15,22-24H,1-4H2,(H,20,25)(H2,16,17,18)/t6-,7+,10+,11+,15+/m0/s1. The Hall–Kier alpha value is -2.43. The van der Waals surface area contributed by atoms with Gasteiger partial charge in [-0.15, -0.1) is 0 Å². The number of rotatable bonds is 0. The molecule has 2 aliphatic heterocycles. The van der Waals surface area contributed by atoms with Gasteiger partial charge >= 0.3 is 10.3 Å². The smallest absolute Gasteiger partial charge is 0.362 e. The zero-order valence-corrected chi connectivity index (χ0v) is 16.3. The summed E-state index contributed by atoms with van der Waals surface area (Å²) in [7, 11) is -4.56. The Morgan fingerprint density at radius 2 is 2.00 bits per heavy atom. The first kappa shape index (κ1) is 20.8. The molecule has 2 aromatic rings. The quantitative estimate of drug-likeness (QED) is 0.277. The summed E-state index contributed by atoms with van der Waals surface area (Å²) in [6.45, 7) is -0.688. The molecule has 0 aliphatic carbocycles. The molecule has 4 rings (SSSR count). The lowest BCUT2D eigenvalue weighted by atomic mass is 10.1. The molecule has 2 bridgehead atoms. The molecule has 0 radical (unpaired) electrons. The Balaban J connectivity index is 1.77. The second-order valence-electron chi connectivity index (χ2n) is 6.99. The van der Waals surface area contributed by atoms with Crippen molar-refractivity contribution in [2.45, 2.75) is 49.9 Å². The molecule has 1 saturated heterocycles. The summed E-state index contributed by atoms with van der Waals surface area (Å²) >= 11 is 0. The third-order valence-corrected chi connectivity index (χ3v) is 5.86. The topological polar surface area (TPSA) is 212 Å². The molecule has 0 unspecified atom stereocenters. The van der Waals surface area contributed by atoms with Crippen LogP contribution in [-0.4, -0.2) is 80.2 Å². The fraction of sp³-hybridized carbons (Fsp3) is 0.600. The maximum atomic E-state index is 11.9. The van der Waals surface area contributed by atoms with Crippen LogP contribution in [0.5, 0.6) is 0 Å². The highest BCUT2D eigenvalue weighted by Gasteiger charge is 2.46. The molecule has 30 heavy (non-hydrogen) atoms. The number of nitrogen functional groups attached to an aromatic ring is 1. The lowest BCUT2D eigenvalue weighted by Crippen LogP contribution is -2.41. The number of aromatic nitrogens is 4. The van der Waals surface area contributed by atoms with Crippen LogP contribution < -0.4 is 10.5 Å². The molecule has 164 valence electrons. The number of ether oxygens (including phenoxy) is 1. The summed E-state index contributed by atoms with van der Waals surface area (Å²) in [5.74, 6) is -0.690. The molecule has 1 amide bonds. The molecular formula is C15H20N6O8S. The van der Waals surface area contributed by atoms with Crippen molar-refractivity contribution in [3.63, 3.8) is 0 Å². The van der Waals surface area contributed by atoms with E-state index in [4.69, 9.17) is 10.5 Å². The van der Waals surface area contributed by atoms with Gasteiger partial charge in [0.1, 0.15) is 36.6 Å². The number of hydrogen-bond donors (Lipinski definition) is 5. The molecule has 15 heteroatoms. The largest absolute Gasteiger partial charge is 0.387 e. The molecule has 2 aliphatic rings. The van der Waals surface area contributed by atoms with Crippen LogP contribution >= 0.6 is 0 Å². The van der Waals surface area contributed by atoms with E-state index >= 15 is 0 Å². The van der Waals surface area contributed by atoms with Crippen LogP contribution in [0.25, 0.3) is 11.2 Å². The van der Waals surface area contributed by atoms with E-state index in [-0.39, 0.29) is 36.2 Å². The van der Waals surface area contributed by atoms with Crippen molar-refractivity contribution < 1.29 is 37.5 Å². The van der Waals surface area contributed by atoms with Crippen LogP contribution in [0.2, 0.25) is 0 Å². The van der Waals surface area contributed by atoms with Gasteiger partial charge in [0.15, 0.2) is 23.2 Å². The van der Waals surface area contributed by atoms with Gasteiger partial charge in [-0.2, -0.15) is 8.42 Å². The first-order valence-electron chi connectivity index (χ1n) is 9.06. The lowest BCUT2D eigenvalue weighted by molar-refractivity contribution is -0.128. The van der Waals surface area contributed by atoms with Gasteiger partial charge in [0.2, 0.25) is 0 Å². The van der Waals surface area contributed by atoms with Crippen molar-refractivity contribution in [1.82, 2.24) is 24.2 Å². The normalized spacial score (nSPS) is 32.4. The highest BCUT2D eigenvalue weighted by molar-refractivity contribution is 7.85. The van der Waals surface area contributed by atoms with Gasteiger partial charge < -0.3 is 25.8 Å². The summed E-state index contributed by atoms with van der Waals surface area (Å²) in [4.78, 5) is 24.3. The maximum absolute atomic E-state index is 11.9. The average molecular weight is 444 g/mol. The molecule has 0 aromatic carbocycles. The predicted molar refractivity (Wildman–Crippen MR) is 97.6 cm³/mol. The summed E-state index contributed by atoms with van der Waals surface area (Å²) in [5, 5.41) is 30.8. The van der Waals surface area contributed by atoms with Crippen molar-refractivity contribution in [2.75, 3.05) is 12.3 Å². The fourth-order valence-electron chi connectivity index (χ4n) is 3.46. The Labute approximate surface area is 169 Å². The Kier molecular flexibility index (Phi) is 5.33. The van der Waals surface area contributed by atoms with Crippen molar-refractivity contribution in [3.8, 4) is 0 Å². The number of hydrogen-bond acceptors (Lipinski definition) is 12. The molecule has 14 nitrogen and oxygen atoms in total. The molecule has 0 spiro atoms. The zero-order valence-electron chi connectivity index (χ0n) is 15.4. The first-order chi connectivity index (χ1) is 14.2. The zero-order chi connectivity index (χ0) is 21.6. The van der Waals surface area contributed by atoms with Gasteiger partial charge in [-0.25, -0.2) is 19.7 Å². The van der Waals surface area contributed by atoms with E-state index in [2.05, 4.69) is 19.1 Å². The van der Waals surface area contributed by atoms with Crippen molar-refractivity contribution in [3.05, 3.63) is 12.2 Å². The van der Waals surface area contributed by atoms with Crippen LogP contribution in [0.1, 0.15) is 24.9 Å². The van der Waals surface area contributed by atoms with E-state index in [9.17, 15) is 28.5 Å². The number of aliphatic hydroxyl groups is 3. The first-order valence-corrected chi connectivity index (χ1v) is 10.5. The van der Waals surface area contributed by atoms with Gasteiger partial charge in [-0.05, 0) is 12.8 Å². The summed E-state index contributed by atoms with van der Waals surface area (Å²) in [5.41, 5.74) is 6.37. The van der Waals surface area contributed by atoms with Crippen LogP contribution in [0.15, 0.2) is 6.33 Å². The number of amides is 1. The van der Waals surface area contributed by atoms with Crippen LogP contribution in [0, 0.1) is 0 Å². The number of nitrogens with one attached hydrogen (secondary N) is 1. The molecule has 5 atom stereocenters. The van der Waals surface area contributed by atoms with Crippen LogP contribution in [0.3, 0.4) is 0 Å². The number of anilines is 1.